The van der Waals surface area contributed by atoms with E-state index in [-0.39, 0.29) is 0 Å². The smallest absolute Gasteiger partial charge is 0.163 e. The van der Waals surface area contributed by atoms with Gasteiger partial charge in [-0.2, -0.15) is 0 Å². The summed E-state index contributed by atoms with van der Waals surface area (Å²) in [6, 6.07) is 12.0. The van der Waals surface area contributed by atoms with Crippen LogP contribution in [0.2, 0.25) is 0 Å². The summed E-state index contributed by atoms with van der Waals surface area (Å²) in [4.78, 5) is 9.12. The summed E-state index contributed by atoms with van der Waals surface area (Å²) in [5.41, 5.74) is 1.03. The maximum atomic E-state index is 4.61. The standard InChI is InChI=1S/C17H24N4/c1-13(2)8-7-11-19-16-12-15(18-3)20-17(21-16)14-9-5-4-6-10-14/h4-6,9-10,12-13H,7-8,11H2,1-3H3,(H2,18,19,20,21). The summed E-state index contributed by atoms with van der Waals surface area (Å²) in [5.74, 6) is 3.19. The summed E-state index contributed by atoms with van der Waals surface area (Å²) in [7, 11) is 1.87. The van der Waals surface area contributed by atoms with Crippen LogP contribution in [0.5, 0.6) is 0 Å². The van der Waals surface area contributed by atoms with Crippen molar-refractivity contribution in [2.75, 3.05) is 24.2 Å². The molecule has 1 aromatic carbocycles. The van der Waals surface area contributed by atoms with Crippen LogP contribution >= 0.6 is 0 Å². The molecule has 1 heterocycles. The SMILES string of the molecule is CNc1cc(NCCCC(C)C)nc(-c2ccccc2)n1. The maximum Gasteiger partial charge on any atom is 0.163 e. The molecule has 0 fully saturated rings. The van der Waals surface area contributed by atoms with Gasteiger partial charge >= 0.3 is 0 Å². The van der Waals surface area contributed by atoms with Gasteiger partial charge in [-0.25, -0.2) is 9.97 Å². The fourth-order valence-electron chi connectivity index (χ4n) is 2.11. The second kappa shape index (κ2) is 7.62. The molecule has 0 saturated heterocycles. The largest absolute Gasteiger partial charge is 0.373 e. The molecule has 4 heteroatoms. The molecule has 0 spiro atoms. The van der Waals surface area contributed by atoms with Gasteiger partial charge in [-0.15, -0.1) is 0 Å². The molecular formula is C17H24N4. The zero-order valence-corrected chi connectivity index (χ0v) is 13.1. The Morgan fingerprint density at radius 2 is 1.76 bits per heavy atom. The fraction of sp³-hybridized carbons (Fsp3) is 0.412. The molecule has 2 aromatic rings. The monoisotopic (exact) mass is 284 g/mol. The molecule has 0 atom stereocenters. The van der Waals surface area contributed by atoms with Crippen molar-refractivity contribution < 1.29 is 0 Å². The lowest BCUT2D eigenvalue weighted by molar-refractivity contribution is 0.566. The van der Waals surface area contributed by atoms with Crippen LogP contribution in [0.4, 0.5) is 11.6 Å². The van der Waals surface area contributed by atoms with Gasteiger partial charge in [0.2, 0.25) is 0 Å². The van der Waals surface area contributed by atoms with Crippen LogP contribution in [0.15, 0.2) is 36.4 Å². The maximum absolute atomic E-state index is 4.61. The number of benzene rings is 1. The van der Waals surface area contributed by atoms with Gasteiger partial charge in [0, 0.05) is 25.2 Å². The van der Waals surface area contributed by atoms with Gasteiger partial charge in [-0.3, -0.25) is 0 Å². The minimum absolute atomic E-state index is 0.741. The van der Waals surface area contributed by atoms with Crippen molar-refractivity contribution in [2.45, 2.75) is 26.7 Å². The first-order valence-corrected chi connectivity index (χ1v) is 7.55. The van der Waals surface area contributed by atoms with Crippen LogP contribution in [0.3, 0.4) is 0 Å². The lowest BCUT2D eigenvalue weighted by atomic mass is 10.1. The van der Waals surface area contributed by atoms with Crippen molar-refractivity contribution in [2.24, 2.45) is 5.92 Å². The Morgan fingerprint density at radius 3 is 2.43 bits per heavy atom. The second-order valence-electron chi connectivity index (χ2n) is 5.54. The number of hydrogen-bond acceptors (Lipinski definition) is 4. The third-order valence-corrected chi connectivity index (χ3v) is 3.28. The van der Waals surface area contributed by atoms with Crippen molar-refractivity contribution in [3.63, 3.8) is 0 Å². The molecule has 112 valence electrons. The van der Waals surface area contributed by atoms with E-state index in [9.17, 15) is 0 Å². The van der Waals surface area contributed by atoms with Gasteiger partial charge in [-0.1, -0.05) is 44.2 Å². The van der Waals surface area contributed by atoms with Crippen LogP contribution in [0.25, 0.3) is 11.4 Å². The summed E-state index contributed by atoms with van der Waals surface area (Å²) in [6.45, 7) is 5.43. The Kier molecular flexibility index (Phi) is 5.55. The zero-order chi connectivity index (χ0) is 15.1. The number of nitrogens with one attached hydrogen (secondary N) is 2. The van der Waals surface area contributed by atoms with E-state index in [2.05, 4.69) is 34.4 Å². The summed E-state index contributed by atoms with van der Waals surface area (Å²) >= 11 is 0. The third kappa shape index (κ3) is 4.74. The number of hydrogen-bond donors (Lipinski definition) is 2. The molecule has 0 amide bonds. The van der Waals surface area contributed by atoms with Gasteiger partial charge in [0.1, 0.15) is 11.6 Å². The Labute approximate surface area is 127 Å². The molecule has 4 nitrogen and oxygen atoms in total. The molecule has 0 bridgehead atoms. The van der Waals surface area contributed by atoms with Crippen LogP contribution in [-0.2, 0) is 0 Å². The Morgan fingerprint density at radius 1 is 1.05 bits per heavy atom. The van der Waals surface area contributed by atoms with Crippen molar-refractivity contribution in [1.82, 2.24) is 9.97 Å². The molecule has 0 radical (unpaired) electrons. The van der Waals surface area contributed by atoms with E-state index in [0.29, 0.717) is 0 Å². The molecule has 2 N–H and O–H groups in total. The number of anilines is 2. The first-order valence-electron chi connectivity index (χ1n) is 7.55. The van der Waals surface area contributed by atoms with Gasteiger partial charge in [0.05, 0.1) is 0 Å². The number of nitrogens with zero attached hydrogens (tertiary/aromatic N) is 2. The highest BCUT2D eigenvalue weighted by atomic mass is 15.1. The first kappa shape index (κ1) is 15.3. The molecular weight excluding hydrogens is 260 g/mol. The summed E-state index contributed by atoms with van der Waals surface area (Å²) in [6.07, 6.45) is 2.37. The van der Waals surface area contributed by atoms with Gasteiger partial charge in [0.25, 0.3) is 0 Å². The topological polar surface area (TPSA) is 49.8 Å². The van der Waals surface area contributed by atoms with E-state index >= 15 is 0 Å². The lowest BCUT2D eigenvalue weighted by Gasteiger charge is -2.10. The Balaban J connectivity index is 2.11. The highest BCUT2D eigenvalue weighted by Crippen LogP contribution is 2.19. The third-order valence-electron chi connectivity index (χ3n) is 3.28. The number of rotatable bonds is 7. The summed E-state index contributed by atoms with van der Waals surface area (Å²) < 4.78 is 0. The summed E-state index contributed by atoms with van der Waals surface area (Å²) in [5, 5.41) is 6.49. The second-order valence-corrected chi connectivity index (χ2v) is 5.54. The van der Waals surface area contributed by atoms with Gasteiger partial charge in [0.15, 0.2) is 5.82 Å². The number of aromatic nitrogens is 2. The van der Waals surface area contributed by atoms with E-state index in [0.717, 1.165) is 41.9 Å². The Hall–Kier alpha value is -2.10. The predicted molar refractivity (Wildman–Crippen MR) is 89.6 cm³/mol. The van der Waals surface area contributed by atoms with Crippen LogP contribution in [0, 0.1) is 5.92 Å². The molecule has 2 rings (SSSR count). The van der Waals surface area contributed by atoms with Gasteiger partial charge < -0.3 is 10.6 Å². The first-order chi connectivity index (χ1) is 10.2. The van der Waals surface area contributed by atoms with Crippen molar-refractivity contribution in [1.29, 1.82) is 0 Å². The Bertz CT molecular complexity index is 552. The normalized spacial score (nSPS) is 10.7. The molecule has 1 aromatic heterocycles. The zero-order valence-electron chi connectivity index (χ0n) is 13.1. The lowest BCUT2D eigenvalue weighted by Crippen LogP contribution is -2.07. The van der Waals surface area contributed by atoms with Crippen LogP contribution in [0.1, 0.15) is 26.7 Å². The highest BCUT2D eigenvalue weighted by molar-refractivity contribution is 5.61. The quantitative estimate of drug-likeness (QED) is 0.754. The van der Waals surface area contributed by atoms with E-state index in [1.165, 1.54) is 6.42 Å². The van der Waals surface area contributed by atoms with E-state index in [1.54, 1.807) is 0 Å². The highest BCUT2D eigenvalue weighted by Gasteiger charge is 2.06. The van der Waals surface area contributed by atoms with Crippen molar-refractivity contribution >= 4 is 11.6 Å². The van der Waals surface area contributed by atoms with Crippen LogP contribution < -0.4 is 10.6 Å². The minimum Gasteiger partial charge on any atom is -0.373 e. The van der Waals surface area contributed by atoms with Crippen LogP contribution in [-0.4, -0.2) is 23.6 Å². The molecule has 21 heavy (non-hydrogen) atoms. The average molecular weight is 284 g/mol. The van der Waals surface area contributed by atoms with E-state index < -0.39 is 0 Å². The molecule has 0 aliphatic heterocycles. The predicted octanol–water partition coefficient (Wildman–Crippen LogP) is 4.03. The average Bonchev–Trinajstić information content (AvgIpc) is 2.52. The molecule has 0 unspecified atom stereocenters. The van der Waals surface area contributed by atoms with Gasteiger partial charge in [-0.05, 0) is 18.8 Å². The minimum atomic E-state index is 0.741. The fourth-order valence-corrected chi connectivity index (χ4v) is 2.11. The van der Waals surface area contributed by atoms with Crippen molar-refractivity contribution in [3.05, 3.63) is 36.4 Å². The van der Waals surface area contributed by atoms with E-state index in [1.807, 2.05) is 43.4 Å². The molecule has 0 aliphatic carbocycles. The molecule has 0 saturated carbocycles. The van der Waals surface area contributed by atoms with E-state index in [4.69, 9.17) is 0 Å². The molecule has 0 aliphatic rings. The van der Waals surface area contributed by atoms with Crippen molar-refractivity contribution in [3.8, 4) is 11.4 Å².